The monoisotopic (exact) mass is 357 g/mol. The van der Waals surface area contributed by atoms with E-state index < -0.39 is 0 Å². The van der Waals surface area contributed by atoms with Crippen LogP contribution in [0.2, 0.25) is 5.02 Å². The number of benzene rings is 2. The number of aromatic nitrogens is 2. The molecule has 0 N–H and O–H groups in total. The van der Waals surface area contributed by atoms with Crippen molar-refractivity contribution in [3.8, 4) is 5.75 Å². The summed E-state index contributed by atoms with van der Waals surface area (Å²) in [7, 11) is 3.45. The van der Waals surface area contributed by atoms with Crippen LogP contribution in [0.3, 0.4) is 0 Å². The molecule has 3 aromatic rings. The van der Waals surface area contributed by atoms with Crippen molar-refractivity contribution in [1.29, 1.82) is 0 Å². The maximum atomic E-state index is 12.4. The summed E-state index contributed by atoms with van der Waals surface area (Å²) in [5, 5.41) is 6.07. The zero-order valence-corrected chi connectivity index (χ0v) is 15.0. The van der Waals surface area contributed by atoms with E-state index in [9.17, 15) is 4.79 Å². The number of fused-ring (bicyclic) bond motifs is 1. The van der Waals surface area contributed by atoms with Crippen molar-refractivity contribution in [3.05, 3.63) is 59.2 Å². The molecule has 5 nitrogen and oxygen atoms in total. The number of amides is 1. The molecule has 0 aliphatic rings. The Morgan fingerprint density at radius 3 is 2.72 bits per heavy atom. The van der Waals surface area contributed by atoms with Gasteiger partial charge in [0, 0.05) is 30.4 Å². The standard InChI is InChI=1S/C19H20ClN3O2/c1-22(13-14-3-5-16(20)6-4-14)19(24)9-10-23-18-8-7-17(25-2)11-15(18)12-21-23/h3-8,11-12H,9-10,13H2,1-2H3. The van der Waals surface area contributed by atoms with Crippen LogP contribution in [0.15, 0.2) is 48.7 Å². The maximum Gasteiger partial charge on any atom is 0.224 e. The van der Waals surface area contributed by atoms with E-state index in [0.29, 0.717) is 24.5 Å². The van der Waals surface area contributed by atoms with Crippen LogP contribution in [0.4, 0.5) is 0 Å². The van der Waals surface area contributed by atoms with Gasteiger partial charge in [0.2, 0.25) is 5.91 Å². The first kappa shape index (κ1) is 17.3. The smallest absolute Gasteiger partial charge is 0.224 e. The van der Waals surface area contributed by atoms with E-state index in [4.69, 9.17) is 16.3 Å². The second-order valence-electron chi connectivity index (χ2n) is 5.92. The van der Waals surface area contributed by atoms with Gasteiger partial charge < -0.3 is 9.64 Å². The van der Waals surface area contributed by atoms with Crippen molar-refractivity contribution < 1.29 is 9.53 Å². The van der Waals surface area contributed by atoms with Crippen molar-refractivity contribution in [1.82, 2.24) is 14.7 Å². The Hall–Kier alpha value is -2.53. The fourth-order valence-electron chi connectivity index (χ4n) is 2.71. The minimum atomic E-state index is 0.0760. The summed E-state index contributed by atoms with van der Waals surface area (Å²) in [4.78, 5) is 14.1. The van der Waals surface area contributed by atoms with Crippen molar-refractivity contribution in [3.63, 3.8) is 0 Å². The average molecular weight is 358 g/mol. The normalized spacial score (nSPS) is 10.8. The largest absolute Gasteiger partial charge is 0.497 e. The van der Waals surface area contributed by atoms with Gasteiger partial charge in [-0.3, -0.25) is 9.48 Å². The Labute approximate surface area is 151 Å². The molecule has 0 fully saturated rings. The molecule has 0 radical (unpaired) electrons. The highest BCUT2D eigenvalue weighted by Crippen LogP contribution is 2.20. The fraction of sp³-hybridized carbons (Fsp3) is 0.263. The molecule has 1 aromatic heterocycles. The molecule has 0 atom stereocenters. The highest BCUT2D eigenvalue weighted by molar-refractivity contribution is 6.30. The SMILES string of the molecule is COc1ccc2c(cnn2CCC(=O)N(C)Cc2ccc(Cl)cc2)c1. The van der Waals surface area contributed by atoms with Gasteiger partial charge in [-0.15, -0.1) is 0 Å². The molecule has 25 heavy (non-hydrogen) atoms. The molecule has 1 heterocycles. The van der Waals surface area contributed by atoms with Crippen molar-refractivity contribution in [2.75, 3.05) is 14.2 Å². The van der Waals surface area contributed by atoms with Gasteiger partial charge >= 0.3 is 0 Å². The molecule has 3 rings (SSSR count). The molecule has 0 saturated heterocycles. The summed E-state index contributed by atoms with van der Waals surface area (Å²) in [6.45, 7) is 1.10. The molecular weight excluding hydrogens is 338 g/mol. The molecule has 6 heteroatoms. The first-order chi connectivity index (χ1) is 12.1. The van der Waals surface area contributed by atoms with E-state index >= 15 is 0 Å². The molecule has 2 aromatic carbocycles. The third kappa shape index (κ3) is 4.12. The third-order valence-corrected chi connectivity index (χ3v) is 4.40. The van der Waals surface area contributed by atoms with Gasteiger partial charge in [0.05, 0.1) is 25.4 Å². The van der Waals surface area contributed by atoms with Gasteiger partial charge in [0.1, 0.15) is 5.75 Å². The molecule has 1 amide bonds. The lowest BCUT2D eigenvalue weighted by Gasteiger charge is -2.17. The van der Waals surface area contributed by atoms with E-state index in [-0.39, 0.29) is 5.91 Å². The van der Waals surface area contributed by atoms with Crippen molar-refractivity contribution in [2.45, 2.75) is 19.5 Å². The maximum absolute atomic E-state index is 12.4. The molecule has 0 bridgehead atoms. The minimum absolute atomic E-state index is 0.0760. The second kappa shape index (κ2) is 7.57. The summed E-state index contributed by atoms with van der Waals surface area (Å²) in [5.41, 5.74) is 2.05. The molecular formula is C19H20ClN3O2. The molecule has 0 aliphatic heterocycles. The number of halogens is 1. The van der Waals surface area contributed by atoms with Crippen LogP contribution in [0.25, 0.3) is 10.9 Å². The number of nitrogens with zero attached hydrogens (tertiary/aromatic N) is 3. The number of carbonyl (C=O) groups excluding carboxylic acids is 1. The van der Waals surface area contributed by atoms with Crippen LogP contribution in [0.1, 0.15) is 12.0 Å². The quantitative estimate of drug-likeness (QED) is 0.675. The highest BCUT2D eigenvalue weighted by atomic mass is 35.5. The predicted molar refractivity (Wildman–Crippen MR) is 98.8 cm³/mol. The summed E-state index contributed by atoms with van der Waals surface area (Å²) in [5.74, 6) is 0.873. The van der Waals surface area contributed by atoms with Crippen LogP contribution in [0.5, 0.6) is 5.75 Å². The Balaban J connectivity index is 1.60. The highest BCUT2D eigenvalue weighted by Gasteiger charge is 2.11. The number of methoxy groups -OCH3 is 1. The lowest BCUT2D eigenvalue weighted by atomic mass is 10.2. The molecule has 0 unspecified atom stereocenters. The van der Waals surface area contributed by atoms with E-state index in [1.54, 1.807) is 18.2 Å². The van der Waals surface area contributed by atoms with Crippen molar-refractivity contribution >= 4 is 28.4 Å². The number of aryl methyl sites for hydroxylation is 1. The van der Waals surface area contributed by atoms with Gasteiger partial charge in [-0.1, -0.05) is 23.7 Å². The summed E-state index contributed by atoms with van der Waals surface area (Å²) in [6.07, 6.45) is 2.19. The van der Waals surface area contributed by atoms with E-state index in [2.05, 4.69) is 5.10 Å². The fourth-order valence-corrected chi connectivity index (χ4v) is 2.84. The lowest BCUT2D eigenvalue weighted by Crippen LogP contribution is -2.27. The first-order valence-electron chi connectivity index (χ1n) is 8.05. The summed E-state index contributed by atoms with van der Waals surface area (Å²) < 4.78 is 7.07. The zero-order chi connectivity index (χ0) is 17.8. The van der Waals surface area contributed by atoms with Crippen LogP contribution in [0, 0.1) is 0 Å². The van der Waals surface area contributed by atoms with Gasteiger partial charge in [-0.2, -0.15) is 5.10 Å². The van der Waals surface area contributed by atoms with E-state index in [1.807, 2.05) is 54.2 Å². The third-order valence-electron chi connectivity index (χ3n) is 4.15. The Morgan fingerprint density at radius 2 is 2.00 bits per heavy atom. The van der Waals surface area contributed by atoms with Gasteiger partial charge in [0.15, 0.2) is 0 Å². The Morgan fingerprint density at radius 1 is 1.24 bits per heavy atom. The second-order valence-corrected chi connectivity index (χ2v) is 6.36. The van der Waals surface area contributed by atoms with E-state index in [0.717, 1.165) is 22.2 Å². The number of hydrogen-bond donors (Lipinski definition) is 0. The number of hydrogen-bond acceptors (Lipinski definition) is 3. The van der Waals surface area contributed by atoms with Gasteiger partial charge in [-0.05, 0) is 35.9 Å². The molecule has 0 aliphatic carbocycles. The molecule has 0 spiro atoms. The topological polar surface area (TPSA) is 47.4 Å². The van der Waals surface area contributed by atoms with Gasteiger partial charge in [-0.25, -0.2) is 0 Å². The average Bonchev–Trinajstić information content (AvgIpc) is 3.03. The first-order valence-corrected chi connectivity index (χ1v) is 8.42. The predicted octanol–water partition coefficient (Wildman–Crippen LogP) is 3.75. The van der Waals surface area contributed by atoms with Gasteiger partial charge in [0.25, 0.3) is 0 Å². The number of ether oxygens (including phenoxy) is 1. The summed E-state index contributed by atoms with van der Waals surface area (Å²) in [6, 6.07) is 13.3. The van der Waals surface area contributed by atoms with Crippen LogP contribution < -0.4 is 4.74 Å². The number of rotatable bonds is 6. The van der Waals surface area contributed by atoms with Crippen molar-refractivity contribution in [2.24, 2.45) is 0 Å². The minimum Gasteiger partial charge on any atom is -0.497 e. The summed E-state index contributed by atoms with van der Waals surface area (Å²) >= 11 is 5.89. The lowest BCUT2D eigenvalue weighted by molar-refractivity contribution is -0.130. The van der Waals surface area contributed by atoms with Crippen LogP contribution >= 0.6 is 11.6 Å². The van der Waals surface area contributed by atoms with E-state index in [1.165, 1.54) is 0 Å². The molecule has 130 valence electrons. The molecule has 0 saturated carbocycles. The Bertz CT molecular complexity index is 874. The number of carbonyl (C=O) groups is 1. The Kier molecular flexibility index (Phi) is 5.24. The van der Waals surface area contributed by atoms with Crippen LogP contribution in [-0.4, -0.2) is 34.7 Å². The zero-order valence-electron chi connectivity index (χ0n) is 14.3. The van der Waals surface area contributed by atoms with Crippen LogP contribution in [-0.2, 0) is 17.9 Å².